The molecular formula is C11H15FOS. The summed E-state index contributed by atoms with van der Waals surface area (Å²) in [4.78, 5) is 0. The smallest absolute Gasteiger partial charge is 0.123 e. The van der Waals surface area contributed by atoms with Gasteiger partial charge in [-0.3, -0.25) is 0 Å². The fourth-order valence-corrected chi connectivity index (χ4v) is 1.62. The molecule has 0 saturated heterocycles. The second-order valence-electron chi connectivity index (χ2n) is 2.96. The van der Waals surface area contributed by atoms with Crippen LogP contribution < -0.4 is 4.74 Å². The Kier molecular flexibility index (Phi) is 4.80. The van der Waals surface area contributed by atoms with Crippen molar-refractivity contribution in [3.8, 4) is 5.75 Å². The Balaban J connectivity index is 2.42. The first-order chi connectivity index (χ1) is 6.74. The summed E-state index contributed by atoms with van der Waals surface area (Å²) in [6.07, 6.45) is 0. The highest BCUT2D eigenvalue weighted by Gasteiger charge is 2.00. The van der Waals surface area contributed by atoms with Gasteiger partial charge in [-0.15, -0.1) is 0 Å². The molecule has 0 aliphatic carbocycles. The summed E-state index contributed by atoms with van der Waals surface area (Å²) < 4.78 is 18.2. The molecule has 0 aromatic heterocycles. The molecule has 3 heteroatoms. The molecule has 0 atom stereocenters. The van der Waals surface area contributed by atoms with Gasteiger partial charge in [0, 0.05) is 5.75 Å². The van der Waals surface area contributed by atoms with Gasteiger partial charge in [0.25, 0.3) is 0 Å². The molecule has 0 spiro atoms. The molecular weight excluding hydrogens is 199 g/mol. The molecule has 0 N–H and O–H groups in total. The van der Waals surface area contributed by atoms with Crippen molar-refractivity contribution in [3.63, 3.8) is 0 Å². The Morgan fingerprint density at radius 2 is 2.21 bits per heavy atom. The number of hydrogen-bond donors (Lipinski definition) is 0. The van der Waals surface area contributed by atoms with Crippen molar-refractivity contribution >= 4 is 11.8 Å². The predicted molar refractivity (Wildman–Crippen MR) is 59.6 cm³/mol. The van der Waals surface area contributed by atoms with Gasteiger partial charge in [-0.1, -0.05) is 6.92 Å². The van der Waals surface area contributed by atoms with Gasteiger partial charge in [-0.25, -0.2) is 4.39 Å². The van der Waals surface area contributed by atoms with Crippen LogP contribution in [0.4, 0.5) is 4.39 Å². The Bertz CT molecular complexity index is 289. The summed E-state index contributed by atoms with van der Waals surface area (Å²) in [6, 6.07) is 4.60. The minimum Gasteiger partial charge on any atom is -0.492 e. The third kappa shape index (κ3) is 3.58. The Morgan fingerprint density at radius 1 is 1.43 bits per heavy atom. The molecule has 1 aromatic rings. The van der Waals surface area contributed by atoms with Crippen LogP contribution in [0.25, 0.3) is 0 Å². The van der Waals surface area contributed by atoms with Crippen molar-refractivity contribution in [1.82, 2.24) is 0 Å². The molecule has 1 nitrogen and oxygen atoms in total. The molecule has 0 heterocycles. The van der Waals surface area contributed by atoms with Crippen molar-refractivity contribution in [2.45, 2.75) is 13.8 Å². The lowest BCUT2D eigenvalue weighted by molar-refractivity contribution is 0.341. The van der Waals surface area contributed by atoms with Gasteiger partial charge < -0.3 is 4.74 Å². The van der Waals surface area contributed by atoms with Crippen LogP contribution in [-0.2, 0) is 0 Å². The zero-order valence-corrected chi connectivity index (χ0v) is 9.36. The number of aryl methyl sites for hydroxylation is 1. The van der Waals surface area contributed by atoms with Gasteiger partial charge in [0.05, 0.1) is 6.61 Å². The zero-order chi connectivity index (χ0) is 10.4. The average Bonchev–Trinajstić information content (AvgIpc) is 2.15. The second kappa shape index (κ2) is 5.91. The van der Waals surface area contributed by atoms with Crippen LogP contribution in [0, 0.1) is 12.7 Å². The number of hydrogen-bond acceptors (Lipinski definition) is 2. The molecule has 0 unspecified atom stereocenters. The highest BCUT2D eigenvalue weighted by molar-refractivity contribution is 7.99. The van der Waals surface area contributed by atoms with Crippen molar-refractivity contribution in [2.75, 3.05) is 18.1 Å². The minimum atomic E-state index is -0.210. The van der Waals surface area contributed by atoms with Crippen molar-refractivity contribution < 1.29 is 9.13 Å². The maximum atomic E-state index is 12.7. The molecule has 1 rings (SSSR count). The molecule has 78 valence electrons. The molecule has 0 aliphatic rings. The average molecular weight is 214 g/mol. The van der Waals surface area contributed by atoms with E-state index < -0.39 is 0 Å². The van der Waals surface area contributed by atoms with Crippen molar-refractivity contribution in [2.24, 2.45) is 0 Å². The SMILES string of the molecule is CCSCCOc1ccc(F)cc1C. The number of rotatable bonds is 5. The van der Waals surface area contributed by atoms with Gasteiger partial charge in [0.1, 0.15) is 11.6 Å². The number of benzene rings is 1. The fraction of sp³-hybridized carbons (Fsp3) is 0.455. The van der Waals surface area contributed by atoms with Crippen LogP contribution >= 0.6 is 11.8 Å². The Morgan fingerprint density at radius 3 is 2.86 bits per heavy atom. The summed E-state index contributed by atoms with van der Waals surface area (Å²) >= 11 is 1.84. The standard InChI is InChI=1S/C11H15FOS/c1-3-14-7-6-13-11-5-4-10(12)8-9(11)2/h4-5,8H,3,6-7H2,1-2H3. The maximum Gasteiger partial charge on any atom is 0.123 e. The molecule has 0 radical (unpaired) electrons. The molecule has 0 bridgehead atoms. The Hall–Kier alpha value is -0.700. The van der Waals surface area contributed by atoms with Crippen LogP contribution in [0.3, 0.4) is 0 Å². The van der Waals surface area contributed by atoms with E-state index in [1.54, 1.807) is 6.07 Å². The van der Waals surface area contributed by atoms with Gasteiger partial charge in [-0.05, 0) is 36.4 Å². The molecule has 0 aliphatic heterocycles. The highest BCUT2D eigenvalue weighted by atomic mass is 32.2. The third-order valence-corrected chi connectivity index (χ3v) is 2.69. The van der Waals surface area contributed by atoms with Crippen molar-refractivity contribution in [1.29, 1.82) is 0 Å². The van der Waals surface area contributed by atoms with E-state index in [4.69, 9.17) is 4.74 Å². The quantitative estimate of drug-likeness (QED) is 0.696. The van der Waals surface area contributed by atoms with Crippen LogP contribution in [0.5, 0.6) is 5.75 Å². The van der Waals surface area contributed by atoms with E-state index in [1.165, 1.54) is 12.1 Å². The van der Waals surface area contributed by atoms with E-state index in [1.807, 2.05) is 18.7 Å². The topological polar surface area (TPSA) is 9.23 Å². The minimum absolute atomic E-state index is 0.210. The van der Waals surface area contributed by atoms with Crippen LogP contribution in [0.15, 0.2) is 18.2 Å². The summed E-state index contributed by atoms with van der Waals surface area (Å²) in [7, 11) is 0. The lowest BCUT2D eigenvalue weighted by Crippen LogP contribution is -2.01. The summed E-state index contributed by atoms with van der Waals surface area (Å²) in [5.74, 6) is 2.65. The van der Waals surface area contributed by atoms with E-state index in [9.17, 15) is 4.39 Å². The highest BCUT2D eigenvalue weighted by Crippen LogP contribution is 2.18. The number of halogens is 1. The Labute approximate surface area is 88.7 Å². The summed E-state index contributed by atoms with van der Waals surface area (Å²) in [6.45, 7) is 4.66. The first kappa shape index (κ1) is 11.4. The van der Waals surface area contributed by atoms with Crippen LogP contribution in [-0.4, -0.2) is 18.1 Å². The first-order valence-electron chi connectivity index (χ1n) is 4.70. The van der Waals surface area contributed by atoms with Crippen LogP contribution in [0.1, 0.15) is 12.5 Å². The lowest BCUT2D eigenvalue weighted by Gasteiger charge is -2.08. The normalized spacial score (nSPS) is 10.2. The largest absolute Gasteiger partial charge is 0.492 e. The fourth-order valence-electron chi connectivity index (χ4n) is 1.13. The monoisotopic (exact) mass is 214 g/mol. The van der Waals surface area contributed by atoms with E-state index in [-0.39, 0.29) is 5.82 Å². The third-order valence-electron chi connectivity index (χ3n) is 1.83. The lowest BCUT2D eigenvalue weighted by atomic mass is 10.2. The van der Waals surface area contributed by atoms with E-state index >= 15 is 0 Å². The summed E-state index contributed by atoms with van der Waals surface area (Å²) in [5.41, 5.74) is 0.853. The number of thioether (sulfide) groups is 1. The van der Waals surface area contributed by atoms with Gasteiger partial charge in [-0.2, -0.15) is 11.8 Å². The first-order valence-corrected chi connectivity index (χ1v) is 5.86. The maximum absolute atomic E-state index is 12.7. The molecule has 1 aromatic carbocycles. The van der Waals surface area contributed by atoms with Crippen LogP contribution in [0.2, 0.25) is 0 Å². The molecule has 0 amide bonds. The second-order valence-corrected chi connectivity index (χ2v) is 4.35. The number of ether oxygens (including phenoxy) is 1. The van der Waals surface area contributed by atoms with Gasteiger partial charge in [0.2, 0.25) is 0 Å². The summed E-state index contributed by atoms with van der Waals surface area (Å²) in [5, 5.41) is 0. The van der Waals surface area contributed by atoms with Gasteiger partial charge in [0.15, 0.2) is 0 Å². The molecule has 0 fully saturated rings. The van der Waals surface area contributed by atoms with E-state index in [2.05, 4.69) is 6.92 Å². The van der Waals surface area contributed by atoms with Crippen molar-refractivity contribution in [3.05, 3.63) is 29.6 Å². The van der Waals surface area contributed by atoms with E-state index in [0.717, 1.165) is 22.8 Å². The molecule has 14 heavy (non-hydrogen) atoms. The zero-order valence-electron chi connectivity index (χ0n) is 8.55. The van der Waals surface area contributed by atoms with E-state index in [0.29, 0.717) is 6.61 Å². The molecule has 0 saturated carbocycles. The van der Waals surface area contributed by atoms with Gasteiger partial charge >= 0.3 is 0 Å². The predicted octanol–water partition coefficient (Wildman–Crippen LogP) is 3.27.